The van der Waals surface area contributed by atoms with Crippen molar-refractivity contribution < 1.29 is 0 Å². The monoisotopic (exact) mass is 282 g/mol. The Kier molecular flexibility index (Phi) is 2.87. The van der Waals surface area contributed by atoms with Crippen molar-refractivity contribution in [3.05, 3.63) is 42.1 Å². The standard InChI is InChI=1S/C15H18N6/c1-11-9-14-15(16-6-8-21(14)19-11)20-7-2-3-12(10-20)13-4-5-17-18-13/h4-6,8-9,12H,2-3,7,10H2,1H3,(H,17,18). The molecule has 21 heavy (non-hydrogen) atoms. The van der Waals surface area contributed by atoms with Crippen molar-refractivity contribution in [3.63, 3.8) is 0 Å². The van der Waals surface area contributed by atoms with Crippen LogP contribution in [0.1, 0.15) is 30.1 Å². The van der Waals surface area contributed by atoms with Crippen molar-refractivity contribution in [2.75, 3.05) is 18.0 Å². The van der Waals surface area contributed by atoms with Crippen molar-refractivity contribution in [1.29, 1.82) is 0 Å². The molecular weight excluding hydrogens is 264 g/mol. The van der Waals surface area contributed by atoms with E-state index >= 15 is 0 Å². The van der Waals surface area contributed by atoms with Crippen LogP contribution in [0.2, 0.25) is 0 Å². The Labute approximate surface area is 122 Å². The number of aryl methyl sites for hydroxylation is 1. The fourth-order valence-electron chi connectivity index (χ4n) is 3.19. The molecule has 108 valence electrons. The van der Waals surface area contributed by atoms with E-state index in [1.54, 1.807) is 0 Å². The molecule has 6 heteroatoms. The first kappa shape index (κ1) is 12.4. The van der Waals surface area contributed by atoms with E-state index in [0.717, 1.165) is 30.1 Å². The van der Waals surface area contributed by atoms with Gasteiger partial charge in [-0.1, -0.05) is 0 Å². The predicted molar refractivity (Wildman–Crippen MR) is 80.5 cm³/mol. The fraction of sp³-hybridized carbons (Fsp3) is 0.400. The summed E-state index contributed by atoms with van der Waals surface area (Å²) in [4.78, 5) is 6.97. The average molecular weight is 282 g/mol. The molecule has 1 aliphatic rings. The summed E-state index contributed by atoms with van der Waals surface area (Å²) in [5.41, 5.74) is 3.32. The zero-order valence-corrected chi connectivity index (χ0v) is 12.0. The number of nitrogens with one attached hydrogen (secondary N) is 1. The maximum absolute atomic E-state index is 4.60. The van der Waals surface area contributed by atoms with Gasteiger partial charge in [0.05, 0.1) is 5.69 Å². The maximum atomic E-state index is 4.60. The second-order valence-corrected chi connectivity index (χ2v) is 5.66. The molecule has 0 spiro atoms. The molecule has 0 bridgehead atoms. The van der Waals surface area contributed by atoms with Gasteiger partial charge in [-0.25, -0.2) is 9.50 Å². The van der Waals surface area contributed by atoms with Crippen LogP contribution in [-0.4, -0.2) is 37.9 Å². The molecule has 0 radical (unpaired) electrons. The van der Waals surface area contributed by atoms with Gasteiger partial charge in [-0.2, -0.15) is 10.2 Å². The molecule has 1 saturated heterocycles. The van der Waals surface area contributed by atoms with Gasteiger partial charge in [-0.15, -0.1) is 0 Å². The molecule has 4 heterocycles. The van der Waals surface area contributed by atoms with Crippen LogP contribution >= 0.6 is 0 Å². The maximum Gasteiger partial charge on any atom is 0.154 e. The number of nitrogens with zero attached hydrogens (tertiary/aromatic N) is 5. The molecule has 6 nitrogen and oxygen atoms in total. The first-order chi connectivity index (χ1) is 10.3. The smallest absolute Gasteiger partial charge is 0.154 e. The molecular formula is C15H18N6. The number of hydrogen-bond donors (Lipinski definition) is 1. The van der Waals surface area contributed by atoms with Gasteiger partial charge >= 0.3 is 0 Å². The third-order valence-electron chi connectivity index (χ3n) is 4.17. The van der Waals surface area contributed by atoms with Crippen LogP contribution in [0.4, 0.5) is 5.82 Å². The van der Waals surface area contributed by atoms with Gasteiger partial charge in [0.15, 0.2) is 5.82 Å². The summed E-state index contributed by atoms with van der Waals surface area (Å²) in [6.45, 7) is 4.03. The number of hydrogen-bond acceptors (Lipinski definition) is 4. The molecule has 0 amide bonds. The van der Waals surface area contributed by atoms with Crippen molar-refractivity contribution in [2.24, 2.45) is 0 Å². The summed E-state index contributed by atoms with van der Waals surface area (Å²) < 4.78 is 1.91. The normalized spacial score (nSPS) is 19.3. The Morgan fingerprint density at radius 2 is 2.29 bits per heavy atom. The van der Waals surface area contributed by atoms with Gasteiger partial charge in [-0.05, 0) is 31.9 Å². The molecule has 0 aromatic carbocycles. The van der Waals surface area contributed by atoms with E-state index in [1.165, 1.54) is 18.5 Å². The van der Waals surface area contributed by atoms with Gasteiger partial charge in [0.2, 0.25) is 0 Å². The highest BCUT2D eigenvalue weighted by Gasteiger charge is 2.24. The van der Waals surface area contributed by atoms with Gasteiger partial charge < -0.3 is 4.90 Å². The SMILES string of the molecule is Cc1cc2c(N3CCCC(c4ccn[nH]4)C3)nccn2n1. The largest absolute Gasteiger partial charge is 0.354 e. The van der Waals surface area contributed by atoms with Crippen LogP contribution in [0.5, 0.6) is 0 Å². The first-order valence-corrected chi connectivity index (χ1v) is 7.36. The van der Waals surface area contributed by atoms with Crippen LogP contribution in [0.15, 0.2) is 30.7 Å². The van der Waals surface area contributed by atoms with Gasteiger partial charge in [0.25, 0.3) is 0 Å². The molecule has 0 aliphatic carbocycles. The van der Waals surface area contributed by atoms with E-state index in [1.807, 2.05) is 30.0 Å². The molecule has 4 rings (SSSR count). The molecule has 3 aromatic rings. The van der Waals surface area contributed by atoms with Crippen molar-refractivity contribution >= 4 is 11.3 Å². The Bertz CT molecular complexity index is 745. The van der Waals surface area contributed by atoms with Crippen molar-refractivity contribution in [1.82, 2.24) is 24.8 Å². The average Bonchev–Trinajstić information content (AvgIpc) is 3.15. The van der Waals surface area contributed by atoms with E-state index in [-0.39, 0.29) is 0 Å². The lowest BCUT2D eigenvalue weighted by molar-refractivity contribution is 0.498. The highest BCUT2D eigenvalue weighted by molar-refractivity contribution is 5.69. The number of aromatic nitrogens is 5. The Morgan fingerprint density at radius 3 is 3.14 bits per heavy atom. The van der Waals surface area contributed by atoms with Crippen LogP contribution in [0.25, 0.3) is 5.52 Å². The Balaban J connectivity index is 1.68. The summed E-state index contributed by atoms with van der Waals surface area (Å²) >= 11 is 0. The number of fused-ring (bicyclic) bond motifs is 1. The molecule has 1 aliphatic heterocycles. The zero-order valence-electron chi connectivity index (χ0n) is 12.0. The number of H-pyrrole nitrogens is 1. The second kappa shape index (κ2) is 4.87. The van der Waals surface area contributed by atoms with Gasteiger partial charge in [0, 0.05) is 43.3 Å². The lowest BCUT2D eigenvalue weighted by Crippen LogP contribution is -2.35. The summed E-state index contributed by atoms with van der Waals surface area (Å²) in [6, 6.07) is 4.17. The third-order valence-corrected chi connectivity index (χ3v) is 4.17. The molecule has 1 atom stereocenters. The predicted octanol–water partition coefficient (Wildman–Crippen LogP) is 2.14. The van der Waals surface area contributed by atoms with Crippen LogP contribution in [-0.2, 0) is 0 Å². The lowest BCUT2D eigenvalue weighted by Gasteiger charge is -2.33. The lowest BCUT2D eigenvalue weighted by atomic mass is 9.95. The molecule has 1 N–H and O–H groups in total. The van der Waals surface area contributed by atoms with Gasteiger partial charge in [-0.3, -0.25) is 5.10 Å². The summed E-state index contributed by atoms with van der Waals surface area (Å²) in [6.07, 6.45) is 7.92. The van der Waals surface area contributed by atoms with Crippen molar-refractivity contribution in [3.8, 4) is 0 Å². The molecule has 1 unspecified atom stereocenters. The minimum absolute atomic E-state index is 0.493. The summed E-state index contributed by atoms with van der Waals surface area (Å²) in [7, 11) is 0. The number of piperidine rings is 1. The Morgan fingerprint density at radius 1 is 1.33 bits per heavy atom. The second-order valence-electron chi connectivity index (χ2n) is 5.66. The van der Waals surface area contributed by atoms with Crippen LogP contribution < -0.4 is 4.90 Å². The highest BCUT2D eigenvalue weighted by Crippen LogP contribution is 2.29. The molecule has 1 fully saturated rings. The minimum Gasteiger partial charge on any atom is -0.354 e. The number of aromatic amines is 1. The molecule has 3 aromatic heterocycles. The van der Waals surface area contributed by atoms with E-state index in [4.69, 9.17) is 0 Å². The van der Waals surface area contributed by atoms with E-state index in [0.29, 0.717) is 5.92 Å². The van der Waals surface area contributed by atoms with E-state index in [9.17, 15) is 0 Å². The van der Waals surface area contributed by atoms with Crippen molar-refractivity contribution in [2.45, 2.75) is 25.7 Å². The zero-order chi connectivity index (χ0) is 14.2. The number of anilines is 1. The first-order valence-electron chi connectivity index (χ1n) is 7.36. The van der Waals surface area contributed by atoms with Gasteiger partial charge in [0.1, 0.15) is 5.52 Å². The summed E-state index contributed by atoms with van der Waals surface area (Å²) in [5, 5.41) is 11.7. The van der Waals surface area contributed by atoms with E-state index < -0.39 is 0 Å². The molecule has 0 saturated carbocycles. The van der Waals surface area contributed by atoms with E-state index in [2.05, 4.69) is 37.3 Å². The minimum atomic E-state index is 0.493. The summed E-state index contributed by atoms with van der Waals surface area (Å²) in [5.74, 6) is 1.52. The third kappa shape index (κ3) is 2.16. The fourth-order valence-corrected chi connectivity index (χ4v) is 3.19. The topological polar surface area (TPSA) is 62.1 Å². The quantitative estimate of drug-likeness (QED) is 0.782. The Hall–Kier alpha value is -2.37. The highest BCUT2D eigenvalue weighted by atomic mass is 15.3. The van der Waals surface area contributed by atoms with Crippen LogP contribution in [0, 0.1) is 6.92 Å². The van der Waals surface area contributed by atoms with Crippen LogP contribution in [0.3, 0.4) is 0 Å². The number of rotatable bonds is 2.